The zero-order chi connectivity index (χ0) is 13.7. The van der Waals surface area contributed by atoms with Crippen molar-refractivity contribution in [1.29, 1.82) is 0 Å². The topological polar surface area (TPSA) is 37.6 Å². The van der Waals surface area contributed by atoms with Crippen LogP contribution in [0, 0.1) is 0 Å². The fourth-order valence-corrected chi connectivity index (χ4v) is 1.78. The predicted octanol–water partition coefficient (Wildman–Crippen LogP) is 3.12. The van der Waals surface area contributed by atoms with Crippen LogP contribution < -0.4 is 10.1 Å². The summed E-state index contributed by atoms with van der Waals surface area (Å²) in [6.45, 7) is 0.634. The largest absolute Gasteiger partial charge is 0.497 e. The first-order valence-electron chi connectivity index (χ1n) is 5.87. The van der Waals surface area contributed by atoms with Crippen molar-refractivity contribution in [3.63, 3.8) is 0 Å². The van der Waals surface area contributed by atoms with E-state index >= 15 is 0 Å². The molecule has 2 rings (SSSR count). The lowest BCUT2D eigenvalue weighted by Crippen LogP contribution is -2.30. The summed E-state index contributed by atoms with van der Waals surface area (Å²) in [6, 6.07) is 11.4. The number of furan rings is 1. The van der Waals surface area contributed by atoms with Gasteiger partial charge in [0.05, 0.1) is 19.9 Å². The number of benzene rings is 1. The quantitative estimate of drug-likeness (QED) is 0.868. The minimum absolute atomic E-state index is 0.634. The Hall–Kier alpha value is -2.01. The second kappa shape index (κ2) is 6.24. The summed E-state index contributed by atoms with van der Waals surface area (Å²) in [7, 11) is 3.56. The summed E-state index contributed by atoms with van der Waals surface area (Å²) < 4.78 is 10.4. The van der Waals surface area contributed by atoms with Crippen molar-refractivity contribution in [2.75, 3.05) is 19.5 Å². The summed E-state index contributed by atoms with van der Waals surface area (Å²) in [5.74, 6) is 1.70. The minimum Gasteiger partial charge on any atom is -0.497 e. The third-order valence-corrected chi connectivity index (χ3v) is 3.07. The van der Waals surface area contributed by atoms with Crippen molar-refractivity contribution in [2.45, 2.75) is 6.54 Å². The molecule has 0 saturated carbocycles. The van der Waals surface area contributed by atoms with E-state index in [1.54, 1.807) is 13.4 Å². The molecule has 0 aliphatic rings. The van der Waals surface area contributed by atoms with Gasteiger partial charge in [0.2, 0.25) is 0 Å². The number of rotatable bonds is 4. The van der Waals surface area contributed by atoms with E-state index in [0.717, 1.165) is 17.2 Å². The molecule has 0 bridgehead atoms. The Bertz CT molecular complexity index is 523. The molecule has 1 N–H and O–H groups in total. The molecule has 1 heterocycles. The molecular weight excluding hydrogens is 260 g/mol. The van der Waals surface area contributed by atoms with Gasteiger partial charge in [-0.2, -0.15) is 0 Å². The van der Waals surface area contributed by atoms with Crippen molar-refractivity contribution in [2.24, 2.45) is 0 Å². The van der Waals surface area contributed by atoms with Gasteiger partial charge >= 0.3 is 0 Å². The van der Waals surface area contributed by atoms with Crippen LogP contribution >= 0.6 is 12.2 Å². The van der Waals surface area contributed by atoms with E-state index in [-0.39, 0.29) is 0 Å². The molecule has 5 heteroatoms. The maximum atomic E-state index is 5.33. The summed E-state index contributed by atoms with van der Waals surface area (Å²) in [5, 5.41) is 3.81. The Morgan fingerprint density at radius 1 is 1.32 bits per heavy atom. The van der Waals surface area contributed by atoms with Crippen LogP contribution in [0.1, 0.15) is 5.76 Å². The fraction of sp³-hybridized carbons (Fsp3) is 0.214. The van der Waals surface area contributed by atoms with Crippen LogP contribution in [0.3, 0.4) is 0 Å². The van der Waals surface area contributed by atoms with Crippen LogP contribution in [-0.4, -0.2) is 24.2 Å². The van der Waals surface area contributed by atoms with Gasteiger partial charge in [-0.3, -0.25) is 0 Å². The molecule has 1 aromatic heterocycles. The molecule has 0 spiro atoms. The Kier molecular flexibility index (Phi) is 4.41. The van der Waals surface area contributed by atoms with E-state index < -0.39 is 0 Å². The Balaban J connectivity index is 1.92. The lowest BCUT2D eigenvalue weighted by molar-refractivity contribution is 0.414. The van der Waals surface area contributed by atoms with Crippen molar-refractivity contribution in [3.05, 3.63) is 48.4 Å². The molecule has 2 aromatic rings. The Labute approximate surface area is 118 Å². The van der Waals surface area contributed by atoms with Crippen molar-refractivity contribution in [3.8, 4) is 5.75 Å². The lowest BCUT2D eigenvalue weighted by Gasteiger charge is -2.20. The van der Waals surface area contributed by atoms with Gasteiger partial charge in [0.15, 0.2) is 5.11 Å². The van der Waals surface area contributed by atoms with Gasteiger partial charge in [0, 0.05) is 12.7 Å². The van der Waals surface area contributed by atoms with E-state index in [2.05, 4.69) is 5.32 Å². The van der Waals surface area contributed by atoms with Gasteiger partial charge in [0.1, 0.15) is 11.5 Å². The molecular formula is C14H16N2O2S. The third-order valence-electron chi connectivity index (χ3n) is 2.66. The molecule has 19 heavy (non-hydrogen) atoms. The average Bonchev–Trinajstić information content (AvgIpc) is 2.92. The molecule has 0 aliphatic heterocycles. The second-order valence-electron chi connectivity index (χ2n) is 4.09. The lowest BCUT2D eigenvalue weighted by atomic mass is 10.3. The van der Waals surface area contributed by atoms with Gasteiger partial charge in [-0.05, 0) is 48.6 Å². The maximum Gasteiger partial charge on any atom is 0.173 e. The number of hydrogen-bond acceptors (Lipinski definition) is 3. The standard InChI is InChI=1S/C14H16N2O2S/c1-16(10-13-4-3-9-18-13)14(19)15-11-5-7-12(17-2)8-6-11/h3-9H,10H2,1-2H3,(H,15,19). The molecule has 0 fully saturated rings. The van der Waals surface area contributed by atoms with E-state index in [4.69, 9.17) is 21.4 Å². The molecule has 0 unspecified atom stereocenters. The average molecular weight is 276 g/mol. The van der Waals surface area contributed by atoms with Crippen LogP contribution in [0.2, 0.25) is 0 Å². The van der Waals surface area contributed by atoms with Crippen LogP contribution in [-0.2, 0) is 6.54 Å². The number of methoxy groups -OCH3 is 1. The highest BCUT2D eigenvalue weighted by Crippen LogP contribution is 2.15. The summed E-state index contributed by atoms with van der Waals surface area (Å²) in [4.78, 5) is 1.92. The van der Waals surface area contributed by atoms with Crippen molar-refractivity contribution in [1.82, 2.24) is 4.90 Å². The number of hydrogen-bond donors (Lipinski definition) is 1. The Morgan fingerprint density at radius 3 is 2.63 bits per heavy atom. The van der Waals surface area contributed by atoms with Gasteiger partial charge in [-0.15, -0.1) is 0 Å². The monoisotopic (exact) mass is 276 g/mol. The summed E-state index contributed by atoms with van der Waals surface area (Å²) in [5.41, 5.74) is 0.928. The Morgan fingerprint density at radius 2 is 2.05 bits per heavy atom. The van der Waals surface area contributed by atoms with Gasteiger partial charge in [-0.1, -0.05) is 0 Å². The molecule has 4 nitrogen and oxygen atoms in total. The molecule has 0 aliphatic carbocycles. The first-order valence-corrected chi connectivity index (χ1v) is 6.28. The summed E-state index contributed by atoms with van der Waals surface area (Å²) in [6.07, 6.45) is 1.66. The smallest absolute Gasteiger partial charge is 0.173 e. The number of thiocarbonyl (C=S) groups is 1. The normalized spacial score (nSPS) is 10.0. The zero-order valence-electron chi connectivity index (χ0n) is 10.9. The van der Waals surface area contributed by atoms with Crippen LogP contribution in [0.5, 0.6) is 5.75 Å². The van der Waals surface area contributed by atoms with E-state index in [9.17, 15) is 0 Å². The van der Waals surface area contributed by atoms with Crippen molar-refractivity contribution >= 4 is 23.0 Å². The highest BCUT2D eigenvalue weighted by atomic mass is 32.1. The van der Waals surface area contributed by atoms with Crippen LogP contribution in [0.4, 0.5) is 5.69 Å². The molecule has 0 radical (unpaired) electrons. The van der Waals surface area contributed by atoms with Crippen LogP contribution in [0.25, 0.3) is 0 Å². The highest BCUT2D eigenvalue weighted by Gasteiger charge is 2.07. The second-order valence-corrected chi connectivity index (χ2v) is 4.48. The predicted molar refractivity (Wildman–Crippen MR) is 79.4 cm³/mol. The SMILES string of the molecule is COc1ccc(NC(=S)N(C)Cc2ccco2)cc1. The van der Waals surface area contributed by atoms with Crippen LogP contribution in [0.15, 0.2) is 47.1 Å². The summed E-state index contributed by atoms with van der Waals surface area (Å²) >= 11 is 5.33. The number of anilines is 1. The first-order chi connectivity index (χ1) is 9.19. The molecule has 1 aromatic carbocycles. The molecule has 0 atom stereocenters. The van der Waals surface area contributed by atoms with E-state index in [1.807, 2.05) is 48.3 Å². The zero-order valence-corrected chi connectivity index (χ0v) is 11.7. The van der Waals surface area contributed by atoms with Gasteiger partial charge < -0.3 is 19.4 Å². The van der Waals surface area contributed by atoms with E-state index in [1.165, 1.54) is 0 Å². The fourth-order valence-electron chi connectivity index (χ4n) is 1.60. The third kappa shape index (κ3) is 3.72. The molecule has 0 saturated heterocycles. The number of nitrogens with zero attached hydrogens (tertiary/aromatic N) is 1. The van der Waals surface area contributed by atoms with Crippen molar-refractivity contribution < 1.29 is 9.15 Å². The molecule has 0 amide bonds. The number of ether oxygens (including phenoxy) is 1. The van der Waals surface area contributed by atoms with Gasteiger partial charge in [0.25, 0.3) is 0 Å². The maximum absolute atomic E-state index is 5.33. The first kappa shape index (κ1) is 13.4. The number of nitrogens with one attached hydrogen (secondary N) is 1. The van der Waals surface area contributed by atoms with E-state index in [0.29, 0.717) is 11.7 Å². The molecule has 100 valence electrons. The highest BCUT2D eigenvalue weighted by molar-refractivity contribution is 7.80. The van der Waals surface area contributed by atoms with Gasteiger partial charge in [-0.25, -0.2) is 0 Å². The minimum atomic E-state index is 0.634.